The molecule has 0 bridgehead atoms. The molecule has 3 heterocycles. The van der Waals surface area contributed by atoms with Crippen molar-refractivity contribution in [2.24, 2.45) is 5.92 Å². The van der Waals surface area contributed by atoms with Crippen LogP contribution >= 0.6 is 31.9 Å². The zero-order valence-electron chi connectivity index (χ0n) is 10.8. The molecule has 0 aromatic carbocycles. The van der Waals surface area contributed by atoms with Gasteiger partial charge in [0, 0.05) is 21.6 Å². The standard InChI is InChI=1S/C13H14Br2N4O/c14-9-6-10(15)12(17-7-9)13-18-11(20-19-13)5-8-1-3-16-4-2-8/h6-8,16H,1-5H2. The van der Waals surface area contributed by atoms with E-state index in [1.54, 1.807) is 6.20 Å². The molecule has 2 aromatic heterocycles. The molecule has 0 amide bonds. The van der Waals surface area contributed by atoms with Crippen molar-refractivity contribution in [3.8, 4) is 11.5 Å². The van der Waals surface area contributed by atoms with Gasteiger partial charge in [-0.05, 0) is 69.8 Å². The molecule has 1 N–H and O–H groups in total. The first kappa shape index (κ1) is 14.2. The topological polar surface area (TPSA) is 63.8 Å². The molecule has 0 saturated carbocycles. The van der Waals surface area contributed by atoms with E-state index >= 15 is 0 Å². The number of pyridine rings is 1. The summed E-state index contributed by atoms with van der Waals surface area (Å²) in [5.74, 6) is 1.86. The molecule has 0 aliphatic carbocycles. The van der Waals surface area contributed by atoms with Crippen LogP contribution in [0.1, 0.15) is 18.7 Å². The molecule has 0 unspecified atom stereocenters. The maximum Gasteiger partial charge on any atom is 0.227 e. The van der Waals surface area contributed by atoms with E-state index in [9.17, 15) is 0 Å². The molecular formula is C13H14Br2N4O. The maximum absolute atomic E-state index is 5.35. The van der Waals surface area contributed by atoms with E-state index in [-0.39, 0.29) is 0 Å². The second kappa shape index (κ2) is 6.32. The molecule has 1 aliphatic heterocycles. The number of rotatable bonds is 3. The van der Waals surface area contributed by atoms with Crippen molar-refractivity contribution in [1.29, 1.82) is 0 Å². The average molecular weight is 402 g/mol. The van der Waals surface area contributed by atoms with Gasteiger partial charge in [0.15, 0.2) is 0 Å². The number of hydrogen-bond donors (Lipinski definition) is 1. The smallest absolute Gasteiger partial charge is 0.227 e. The fourth-order valence-corrected chi connectivity index (χ4v) is 3.51. The Kier molecular flexibility index (Phi) is 4.48. The molecular weight excluding hydrogens is 388 g/mol. The fraction of sp³-hybridized carbons (Fsp3) is 0.462. The van der Waals surface area contributed by atoms with Crippen molar-refractivity contribution in [3.63, 3.8) is 0 Å². The molecule has 0 radical (unpaired) electrons. The Labute approximate surface area is 133 Å². The predicted molar refractivity (Wildman–Crippen MR) is 82.2 cm³/mol. The summed E-state index contributed by atoms with van der Waals surface area (Å²) < 4.78 is 7.11. The molecule has 5 nitrogen and oxygen atoms in total. The summed E-state index contributed by atoms with van der Waals surface area (Å²) in [7, 11) is 0. The van der Waals surface area contributed by atoms with Gasteiger partial charge in [0.25, 0.3) is 0 Å². The lowest BCUT2D eigenvalue weighted by molar-refractivity contribution is 0.313. The molecule has 3 rings (SSSR count). The van der Waals surface area contributed by atoms with E-state index in [4.69, 9.17) is 4.52 Å². The third-order valence-corrected chi connectivity index (χ3v) is 4.45. The Balaban J connectivity index is 1.75. The Morgan fingerprint density at radius 3 is 2.85 bits per heavy atom. The van der Waals surface area contributed by atoms with Gasteiger partial charge in [0.1, 0.15) is 5.69 Å². The van der Waals surface area contributed by atoms with E-state index in [2.05, 4.69) is 52.3 Å². The van der Waals surface area contributed by atoms with Crippen molar-refractivity contribution in [2.75, 3.05) is 13.1 Å². The van der Waals surface area contributed by atoms with E-state index in [0.717, 1.165) is 41.3 Å². The third kappa shape index (κ3) is 3.27. The molecule has 1 aliphatic rings. The normalized spacial score (nSPS) is 16.5. The fourth-order valence-electron chi connectivity index (χ4n) is 2.35. The molecule has 20 heavy (non-hydrogen) atoms. The van der Waals surface area contributed by atoms with Crippen molar-refractivity contribution < 1.29 is 4.52 Å². The maximum atomic E-state index is 5.35. The van der Waals surface area contributed by atoms with Crippen LogP contribution < -0.4 is 5.32 Å². The number of nitrogens with zero attached hydrogens (tertiary/aromatic N) is 3. The first-order valence-electron chi connectivity index (χ1n) is 6.57. The van der Waals surface area contributed by atoms with Gasteiger partial charge in [0.05, 0.1) is 0 Å². The van der Waals surface area contributed by atoms with Crippen LogP contribution in [0.25, 0.3) is 11.5 Å². The van der Waals surface area contributed by atoms with E-state index in [1.807, 2.05) is 6.07 Å². The van der Waals surface area contributed by atoms with Crippen LogP contribution in [0.5, 0.6) is 0 Å². The van der Waals surface area contributed by atoms with Crippen LogP contribution in [0.3, 0.4) is 0 Å². The number of nitrogens with one attached hydrogen (secondary N) is 1. The largest absolute Gasteiger partial charge is 0.339 e. The Bertz CT molecular complexity index is 596. The summed E-state index contributed by atoms with van der Waals surface area (Å²) in [6, 6.07) is 1.92. The summed E-state index contributed by atoms with van der Waals surface area (Å²) in [6.45, 7) is 2.15. The second-order valence-electron chi connectivity index (χ2n) is 4.89. The molecule has 106 valence electrons. The predicted octanol–water partition coefficient (Wildman–Crippen LogP) is 3.20. The monoisotopic (exact) mass is 400 g/mol. The molecule has 1 fully saturated rings. The van der Waals surface area contributed by atoms with Gasteiger partial charge in [-0.3, -0.25) is 4.98 Å². The Morgan fingerprint density at radius 2 is 2.10 bits per heavy atom. The quantitative estimate of drug-likeness (QED) is 0.855. The molecule has 0 spiro atoms. The minimum Gasteiger partial charge on any atom is -0.339 e. The van der Waals surface area contributed by atoms with Gasteiger partial charge in [-0.15, -0.1) is 0 Å². The molecule has 7 heteroatoms. The number of halogens is 2. The molecule has 1 saturated heterocycles. The van der Waals surface area contributed by atoms with Crippen molar-refractivity contribution >= 4 is 31.9 Å². The Morgan fingerprint density at radius 1 is 1.30 bits per heavy atom. The summed E-state index contributed by atoms with van der Waals surface area (Å²) in [4.78, 5) is 8.78. The van der Waals surface area contributed by atoms with Crippen LogP contribution in [-0.2, 0) is 6.42 Å². The van der Waals surface area contributed by atoms with E-state index in [1.165, 1.54) is 0 Å². The number of piperidine rings is 1. The molecule has 0 atom stereocenters. The summed E-state index contributed by atoms with van der Waals surface area (Å²) in [5, 5.41) is 7.39. The van der Waals surface area contributed by atoms with Gasteiger partial charge in [0.2, 0.25) is 11.7 Å². The lowest BCUT2D eigenvalue weighted by Crippen LogP contribution is -2.28. The van der Waals surface area contributed by atoms with Crippen LogP contribution in [0.4, 0.5) is 0 Å². The van der Waals surface area contributed by atoms with Gasteiger partial charge in [-0.1, -0.05) is 5.16 Å². The Hall–Kier alpha value is -0.790. The highest BCUT2D eigenvalue weighted by Gasteiger charge is 2.19. The van der Waals surface area contributed by atoms with Gasteiger partial charge < -0.3 is 9.84 Å². The third-order valence-electron chi connectivity index (χ3n) is 3.41. The lowest BCUT2D eigenvalue weighted by atomic mass is 9.95. The number of hydrogen-bond acceptors (Lipinski definition) is 5. The number of aromatic nitrogens is 3. The van der Waals surface area contributed by atoms with Gasteiger partial charge in [-0.25, -0.2) is 0 Å². The van der Waals surface area contributed by atoms with Crippen LogP contribution in [0.15, 0.2) is 25.7 Å². The zero-order valence-corrected chi connectivity index (χ0v) is 13.9. The highest BCUT2D eigenvalue weighted by atomic mass is 79.9. The summed E-state index contributed by atoms with van der Waals surface area (Å²) >= 11 is 6.85. The first-order valence-corrected chi connectivity index (χ1v) is 8.15. The van der Waals surface area contributed by atoms with E-state index in [0.29, 0.717) is 23.3 Å². The van der Waals surface area contributed by atoms with Crippen LogP contribution in [-0.4, -0.2) is 28.2 Å². The van der Waals surface area contributed by atoms with Gasteiger partial charge in [-0.2, -0.15) is 4.98 Å². The van der Waals surface area contributed by atoms with Crippen molar-refractivity contribution in [1.82, 2.24) is 20.4 Å². The second-order valence-corrected chi connectivity index (χ2v) is 6.66. The highest BCUT2D eigenvalue weighted by Crippen LogP contribution is 2.27. The van der Waals surface area contributed by atoms with Crippen molar-refractivity contribution in [2.45, 2.75) is 19.3 Å². The minimum absolute atomic E-state index is 0.535. The minimum atomic E-state index is 0.535. The first-order chi connectivity index (χ1) is 9.72. The highest BCUT2D eigenvalue weighted by molar-refractivity contribution is 9.11. The van der Waals surface area contributed by atoms with Crippen molar-refractivity contribution in [3.05, 3.63) is 27.1 Å². The van der Waals surface area contributed by atoms with Crippen LogP contribution in [0.2, 0.25) is 0 Å². The molecule has 2 aromatic rings. The SMILES string of the molecule is Brc1cnc(-c2noc(CC3CCNCC3)n2)c(Br)c1. The van der Waals surface area contributed by atoms with E-state index < -0.39 is 0 Å². The zero-order chi connectivity index (χ0) is 13.9. The van der Waals surface area contributed by atoms with Gasteiger partial charge >= 0.3 is 0 Å². The summed E-state index contributed by atoms with van der Waals surface area (Å²) in [6.07, 6.45) is 4.90. The lowest BCUT2D eigenvalue weighted by Gasteiger charge is -2.20. The average Bonchev–Trinajstić information content (AvgIpc) is 2.88. The van der Waals surface area contributed by atoms with Crippen LogP contribution in [0, 0.1) is 5.92 Å². The summed E-state index contributed by atoms with van der Waals surface area (Å²) in [5.41, 5.74) is 0.702.